The number of quaternary nitrogens is 1. The van der Waals surface area contributed by atoms with Gasteiger partial charge in [-0.15, -0.1) is 0 Å². The van der Waals surface area contributed by atoms with Crippen molar-refractivity contribution < 1.29 is 14.5 Å². The summed E-state index contributed by atoms with van der Waals surface area (Å²) >= 11 is 0. The molecule has 0 fully saturated rings. The highest BCUT2D eigenvalue weighted by atomic mass is 16.3. The van der Waals surface area contributed by atoms with E-state index in [9.17, 15) is 4.79 Å². The van der Waals surface area contributed by atoms with E-state index in [1.54, 1.807) is 30.5 Å². The quantitative estimate of drug-likeness (QED) is 0.861. The SMILES string of the molecule is C[C@H]([NH2+]CC(=O)Nc1cccc(C#N)c1)c1ccco1. The molecule has 0 aliphatic rings. The van der Waals surface area contributed by atoms with Crippen LogP contribution >= 0.6 is 0 Å². The lowest BCUT2D eigenvalue weighted by Crippen LogP contribution is -2.86. The fraction of sp³-hybridized carbons (Fsp3) is 0.200. The number of carbonyl (C=O) groups excluding carboxylic acids is 1. The molecular weight excluding hydrogens is 254 g/mol. The molecule has 0 saturated heterocycles. The van der Waals surface area contributed by atoms with Gasteiger partial charge in [-0.05, 0) is 37.3 Å². The van der Waals surface area contributed by atoms with Crippen molar-refractivity contribution in [3.05, 3.63) is 54.0 Å². The average molecular weight is 270 g/mol. The molecule has 3 N–H and O–H groups in total. The van der Waals surface area contributed by atoms with E-state index in [0.717, 1.165) is 5.76 Å². The van der Waals surface area contributed by atoms with Gasteiger partial charge in [0.25, 0.3) is 5.91 Å². The number of hydrogen-bond acceptors (Lipinski definition) is 3. The maximum atomic E-state index is 11.8. The largest absolute Gasteiger partial charge is 0.463 e. The second-order valence-electron chi connectivity index (χ2n) is 4.48. The summed E-state index contributed by atoms with van der Waals surface area (Å²) < 4.78 is 5.28. The van der Waals surface area contributed by atoms with Gasteiger partial charge in [0.05, 0.1) is 17.9 Å². The van der Waals surface area contributed by atoms with Gasteiger partial charge in [-0.3, -0.25) is 4.79 Å². The van der Waals surface area contributed by atoms with Crippen LogP contribution in [0.5, 0.6) is 0 Å². The Labute approximate surface area is 117 Å². The van der Waals surface area contributed by atoms with Gasteiger partial charge in [0.2, 0.25) is 0 Å². The molecule has 5 nitrogen and oxygen atoms in total. The number of furan rings is 1. The fourth-order valence-electron chi connectivity index (χ4n) is 1.83. The number of carbonyl (C=O) groups is 1. The van der Waals surface area contributed by atoms with Gasteiger partial charge >= 0.3 is 0 Å². The van der Waals surface area contributed by atoms with Gasteiger partial charge in [0.1, 0.15) is 6.04 Å². The third-order valence-electron chi connectivity index (χ3n) is 2.92. The Bertz CT molecular complexity index is 614. The lowest BCUT2D eigenvalue weighted by molar-refractivity contribution is -0.684. The summed E-state index contributed by atoms with van der Waals surface area (Å²) in [6, 6.07) is 12.7. The van der Waals surface area contributed by atoms with E-state index in [1.807, 2.05) is 30.4 Å². The molecule has 1 amide bonds. The van der Waals surface area contributed by atoms with Crippen LogP contribution in [-0.4, -0.2) is 12.5 Å². The van der Waals surface area contributed by atoms with Crippen LogP contribution < -0.4 is 10.6 Å². The topological polar surface area (TPSA) is 82.6 Å². The van der Waals surface area contributed by atoms with Crippen LogP contribution in [0.25, 0.3) is 0 Å². The van der Waals surface area contributed by atoms with Crippen molar-refractivity contribution in [1.29, 1.82) is 5.26 Å². The van der Waals surface area contributed by atoms with E-state index < -0.39 is 0 Å². The third kappa shape index (κ3) is 3.70. The molecule has 5 heteroatoms. The number of nitrogens with one attached hydrogen (secondary N) is 1. The molecule has 0 unspecified atom stereocenters. The van der Waals surface area contributed by atoms with Gasteiger partial charge < -0.3 is 15.1 Å². The molecule has 20 heavy (non-hydrogen) atoms. The van der Waals surface area contributed by atoms with E-state index in [4.69, 9.17) is 9.68 Å². The summed E-state index contributed by atoms with van der Waals surface area (Å²) in [6.07, 6.45) is 1.62. The van der Waals surface area contributed by atoms with Crippen molar-refractivity contribution in [2.45, 2.75) is 13.0 Å². The van der Waals surface area contributed by atoms with Crippen molar-refractivity contribution in [2.24, 2.45) is 0 Å². The first-order chi connectivity index (χ1) is 9.69. The van der Waals surface area contributed by atoms with Crippen molar-refractivity contribution in [2.75, 3.05) is 11.9 Å². The van der Waals surface area contributed by atoms with Crippen LogP contribution in [0.15, 0.2) is 47.1 Å². The van der Waals surface area contributed by atoms with E-state index in [0.29, 0.717) is 17.8 Å². The Kier molecular flexibility index (Phi) is 4.53. The van der Waals surface area contributed by atoms with E-state index in [1.165, 1.54) is 0 Å². The minimum Gasteiger partial charge on any atom is -0.463 e. The van der Waals surface area contributed by atoms with Gasteiger partial charge in [-0.25, -0.2) is 0 Å². The zero-order valence-electron chi connectivity index (χ0n) is 11.2. The van der Waals surface area contributed by atoms with Gasteiger partial charge in [0, 0.05) is 5.69 Å². The van der Waals surface area contributed by atoms with Crippen LogP contribution in [0.2, 0.25) is 0 Å². The van der Waals surface area contributed by atoms with Crippen molar-refractivity contribution >= 4 is 11.6 Å². The highest BCUT2D eigenvalue weighted by Crippen LogP contribution is 2.09. The predicted molar refractivity (Wildman–Crippen MR) is 73.7 cm³/mol. The lowest BCUT2D eigenvalue weighted by Gasteiger charge is -2.08. The molecule has 0 spiro atoms. The zero-order chi connectivity index (χ0) is 14.4. The van der Waals surface area contributed by atoms with Crippen molar-refractivity contribution in [3.8, 4) is 6.07 Å². The minimum atomic E-state index is -0.113. The summed E-state index contributed by atoms with van der Waals surface area (Å²) in [4.78, 5) is 11.8. The summed E-state index contributed by atoms with van der Waals surface area (Å²) in [7, 11) is 0. The summed E-state index contributed by atoms with van der Waals surface area (Å²) in [5.41, 5.74) is 1.16. The molecule has 0 bridgehead atoms. The van der Waals surface area contributed by atoms with Crippen molar-refractivity contribution in [1.82, 2.24) is 0 Å². The Morgan fingerprint density at radius 1 is 1.45 bits per heavy atom. The van der Waals surface area contributed by atoms with E-state index in [-0.39, 0.29) is 11.9 Å². The number of nitriles is 1. The number of nitrogens with zero attached hydrogens (tertiary/aromatic N) is 1. The van der Waals surface area contributed by atoms with Crippen LogP contribution in [0, 0.1) is 11.3 Å². The maximum absolute atomic E-state index is 11.8. The maximum Gasteiger partial charge on any atom is 0.279 e. The highest BCUT2D eigenvalue weighted by Gasteiger charge is 2.13. The predicted octanol–water partition coefficient (Wildman–Crippen LogP) is 1.41. The number of hydrogen-bond donors (Lipinski definition) is 2. The van der Waals surface area contributed by atoms with Gasteiger partial charge in [-0.1, -0.05) is 6.07 Å². The minimum absolute atomic E-state index is 0.0844. The Balaban J connectivity index is 1.85. The number of anilines is 1. The first-order valence-corrected chi connectivity index (χ1v) is 6.36. The standard InChI is InChI=1S/C15H15N3O2/c1-11(14-6-3-7-20-14)17-10-15(19)18-13-5-2-4-12(8-13)9-16/h2-8,11,17H,10H2,1H3,(H,18,19)/p+1/t11-/m0/s1. The molecule has 1 atom stereocenters. The van der Waals surface area contributed by atoms with Gasteiger partial charge in [-0.2, -0.15) is 5.26 Å². The van der Waals surface area contributed by atoms with Crippen LogP contribution in [0.4, 0.5) is 5.69 Å². The second-order valence-corrected chi connectivity index (χ2v) is 4.48. The highest BCUT2D eigenvalue weighted by molar-refractivity contribution is 5.91. The van der Waals surface area contributed by atoms with Crippen LogP contribution in [0.3, 0.4) is 0 Å². The lowest BCUT2D eigenvalue weighted by atomic mass is 10.2. The van der Waals surface area contributed by atoms with Crippen LogP contribution in [-0.2, 0) is 4.79 Å². The Hall–Kier alpha value is -2.58. The normalized spacial score (nSPS) is 11.6. The summed E-state index contributed by atoms with van der Waals surface area (Å²) in [6.45, 7) is 2.26. The third-order valence-corrected chi connectivity index (χ3v) is 2.92. The Morgan fingerprint density at radius 2 is 2.30 bits per heavy atom. The first-order valence-electron chi connectivity index (χ1n) is 6.36. The number of amides is 1. The van der Waals surface area contributed by atoms with E-state index >= 15 is 0 Å². The van der Waals surface area contributed by atoms with E-state index in [2.05, 4.69) is 5.32 Å². The summed E-state index contributed by atoms with van der Waals surface area (Å²) in [5.74, 6) is 0.725. The van der Waals surface area contributed by atoms with Gasteiger partial charge in [0.15, 0.2) is 12.3 Å². The molecule has 102 valence electrons. The molecule has 2 rings (SSSR count). The number of nitrogens with two attached hydrogens (primary N) is 1. The molecule has 0 aliphatic heterocycles. The molecule has 1 heterocycles. The van der Waals surface area contributed by atoms with Crippen LogP contribution in [0.1, 0.15) is 24.3 Å². The first kappa shape index (κ1) is 13.8. The second kappa shape index (κ2) is 6.55. The number of benzene rings is 1. The molecular formula is C15H16N3O2+. The monoisotopic (exact) mass is 270 g/mol. The molecule has 2 aromatic rings. The molecule has 1 aromatic carbocycles. The fourth-order valence-corrected chi connectivity index (χ4v) is 1.83. The number of rotatable bonds is 5. The molecule has 1 aromatic heterocycles. The smallest absolute Gasteiger partial charge is 0.279 e. The zero-order valence-corrected chi connectivity index (χ0v) is 11.2. The Morgan fingerprint density at radius 3 is 3.00 bits per heavy atom. The molecule has 0 aliphatic carbocycles. The summed E-state index contributed by atoms with van der Waals surface area (Å²) in [5, 5.41) is 13.5. The molecule has 0 radical (unpaired) electrons. The van der Waals surface area contributed by atoms with Crippen molar-refractivity contribution in [3.63, 3.8) is 0 Å². The molecule has 0 saturated carbocycles. The average Bonchev–Trinajstić information content (AvgIpc) is 2.99.